The lowest BCUT2D eigenvalue weighted by Gasteiger charge is -2.30. The number of carbonyl (C=O) groups excluding carboxylic acids is 1. The van der Waals surface area contributed by atoms with Crippen molar-refractivity contribution >= 4 is 27.6 Å². The molecule has 0 fully saturated rings. The molecule has 0 N–H and O–H groups in total. The summed E-state index contributed by atoms with van der Waals surface area (Å²) in [5, 5.41) is -0.316. The van der Waals surface area contributed by atoms with Crippen LogP contribution in [0.4, 0.5) is 26.3 Å². The molecule has 0 heterocycles. The Morgan fingerprint density at radius 1 is 1.00 bits per heavy atom. The first-order valence-corrected chi connectivity index (χ1v) is 11.0. The first-order chi connectivity index (χ1) is 15.0. The fourth-order valence-corrected chi connectivity index (χ4v) is 4.59. The first-order valence-electron chi connectivity index (χ1n) is 9.19. The van der Waals surface area contributed by atoms with E-state index in [1.165, 1.54) is 20.8 Å². The Morgan fingerprint density at radius 2 is 1.48 bits per heavy atom. The van der Waals surface area contributed by atoms with E-state index in [2.05, 4.69) is 0 Å². The van der Waals surface area contributed by atoms with Gasteiger partial charge in [0.15, 0.2) is 28.2 Å². The van der Waals surface area contributed by atoms with Gasteiger partial charge in [0.05, 0.1) is 0 Å². The van der Waals surface area contributed by atoms with Crippen LogP contribution in [0.5, 0.6) is 0 Å². The number of rotatable bonds is 6. The zero-order chi connectivity index (χ0) is 25.5. The van der Waals surface area contributed by atoms with E-state index < -0.39 is 74.0 Å². The number of ether oxygens (including phenoxy) is 1. The lowest BCUT2D eigenvalue weighted by Crippen LogP contribution is -2.46. The van der Waals surface area contributed by atoms with Crippen molar-refractivity contribution in [1.82, 2.24) is 4.31 Å². The van der Waals surface area contributed by atoms with Gasteiger partial charge in [-0.05, 0) is 45.4 Å². The van der Waals surface area contributed by atoms with E-state index in [1.807, 2.05) is 0 Å². The Labute approximate surface area is 191 Å². The quantitative estimate of drug-likeness (QED) is 0.232. The van der Waals surface area contributed by atoms with Crippen molar-refractivity contribution in [3.63, 3.8) is 0 Å². The van der Waals surface area contributed by atoms with Crippen molar-refractivity contribution in [1.29, 1.82) is 0 Å². The second-order valence-electron chi connectivity index (χ2n) is 7.89. The van der Waals surface area contributed by atoms with Gasteiger partial charge in [0.2, 0.25) is 15.8 Å². The first kappa shape index (κ1) is 26.9. The van der Waals surface area contributed by atoms with E-state index in [4.69, 9.17) is 16.3 Å². The number of carbonyl (C=O) groups is 1. The third-order valence-corrected chi connectivity index (χ3v) is 6.55. The smallest absolute Gasteiger partial charge is 0.324 e. The zero-order valence-electron chi connectivity index (χ0n) is 17.7. The van der Waals surface area contributed by atoms with Crippen LogP contribution in [-0.4, -0.2) is 30.3 Å². The van der Waals surface area contributed by atoms with Crippen LogP contribution in [-0.2, 0) is 26.1 Å². The van der Waals surface area contributed by atoms with Crippen LogP contribution in [0.15, 0.2) is 23.1 Å². The molecule has 0 unspecified atom stereocenters. The van der Waals surface area contributed by atoms with Gasteiger partial charge in [-0.2, -0.15) is 4.31 Å². The molecule has 5 nitrogen and oxygen atoms in total. The van der Waals surface area contributed by atoms with Crippen LogP contribution in [0.25, 0.3) is 0 Å². The van der Waals surface area contributed by atoms with E-state index in [1.54, 1.807) is 0 Å². The lowest BCUT2D eigenvalue weighted by atomic mass is 10.2. The van der Waals surface area contributed by atoms with Crippen LogP contribution in [0, 0.1) is 34.9 Å². The number of sulfonamides is 1. The maximum Gasteiger partial charge on any atom is 0.324 e. The molecule has 0 amide bonds. The Hall–Kier alpha value is -2.31. The monoisotopic (exact) mass is 517 g/mol. The van der Waals surface area contributed by atoms with Crippen molar-refractivity contribution < 1.29 is 44.3 Å². The lowest BCUT2D eigenvalue weighted by molar-refractivity contribution is -0.159. The van der Waals surface area contributed by atoms with E-state index in [0.29, 0.717) is 0 Å². The molecule has 13 heteroatoms. The molecule has 0 aliphatic rings. The minimum Gasteiger partial charge on any atom is -0.459 e. The number of halogens is 7. The summed E-state index contributed by atoms with van der Waals surface area (Å²) in [6, 6.07) is 0.909. The molecule has 2 aromatic rings. The fourth-order valence-electron chi connectivity index (χ4n) is 2.68. The molecule has 0 aromatic heterocycles. The van der Waals surface area contributed by atoms with Crippen molar-refractivity contribution in [3.05, 3.63) is 63.7 Å². The highest BCUT2D eigenvalue weighted by molar-refractivity contribution is 7.89. The van der Waals surface area contributed by atoms with Gasteiger partial charge < -0.3 is 4.74 Å². The summed E-state index contributed by atoms with van der Waals surface area (Å²) in [6.45, 7) is 4.46. The summed E-state index contributed by atoms with van der Waals surface area (Å²) in [4.78, 5) is 10.4. The highest BCUT2D eigenvalue weighted by atomic mass is 35.5. The fraction of sp³-hybridized carbons (Fsp3) is 0.350. The molecule has 1 atom stereocenters. The van der Waals surface area contributed by atoms with Gasteiger partial charge in [0, 0.05) is 11.6 Å². The molecule has 0 saturated heterocycles. The largest absolute Gasteiger partial charge is 0.459 e. The zero-order valence-corrected chi connectivity index (χ0v) is 19.2. The van der Waals surface area contributed by atoms with Gasteiger partial charge >= 0.3 is 5.97 Å². The van der Waals surface area contributed by atoms with Crippen molar-refractivity contribution in [2.24, 2.45) is 0 Å². The minimum absolute atomic E-state index is 0.124. The third-order valence-electron chi connectivity index (χ3n) is 4.26. The maximum absolute atomic E-state index is 14.3. The number of hydrogen-bond acceptors (Lipinski definition) is 4. The highest BCUT2D eigenvalue weighted by Gasteiger charge is 2.42. The van der Waals surface area contributed by atoms with E-state index in [0.717, 1.165) is 25.1 Å². The summed E-state index contributed by atoms with van der Waals surface area (Å²) in [5.74, 6) is -14.7. The molecule has 0 aliphatic heterocycles. The number of esters is 1. The van der Waals surface area contributed by atoms with Crippen LogP contribution >= 0.6 is 11.6 Å². The van der Waals surface area contributed by atoms with Crippen molar-refractivity contribution in [3.8, 4) is 0 Å². The second-order valence-corrected chi connectivity index (χ2v) is 10.1. The van der Waals surface area contributed by atoms with E-state index in [-0.39, 0.29) is 14.9 Å². The van der Waals surface area contributed by atoms with E-state index in [9.17, 15) is 39.6 Å². The number of benzene rings is 2. The van der Waals surface area contributed by atoms with E-state index >= 15 is 0 Å². The van der Waals surface area contributed by atoms with Crippen LogP contribution in [0.3, 0.4) is 0 Å². The standard InChI is InChI=1S/C20H18ClF6NO4S/c1-9(19(29)32-20(2,3)4)28(8-10-5-6-11(22)7-12(10)21)33(30,31)18-16(26)14(24)13(23)15(25)17(18)27/h5-7,9H,8H2,1-4H3/t9-/m1/s1. The molecule has 182 valence electrons. The molecule has 2 rings (SSSR count). The van der Waals surface area contributed by atoms with Gasteiger partial charge in [-0.25, -0.2) is 34.8 Å². The molecule has 2 aromatic carbocycles. The minimum atomic E-state index is -5.57. The molecule has 33 heavy (non-hydrogen) atoms. The van der Waals surface area contributed by atoms with Crippen LogP contribution in [0.2, 0.25) is 5.02 Å². The molecular weight excluding hydrogens is 500 g/mol. The van der Waals surface area contributed by atoms with Crippen LogP contribution in [0.1, 0.15) is 33.3 Å². The van der Waals surface area contributed by atoms with Crippen molar-refractivity contribution in [2.75, 3.05) is 0 Å². The Bertz CT molecular complexity index is 1170. The van der Waals surface area contributed by atoms with Gasteiger partial charge in [-0.15, -0.1) is 0 Å². The maximum atomic E-state index is 14.3. The Balaban J connectivity index is 2.72. The molecule has 0 saturated carbocycles. The summed E-state index contributed by atoms with van der Waals surface area (Å²) in [6.07, 6.45) is 0. The molecular formula is C20H18ClF6NO4S. The SMILES string of the molecule is C[C@H](C(=O)OC(C)(C)C)N(Cc1ccc(F)cc1Cl)S(=O)(=O)c1c(F)c(F)c(F)c(F)c1F. The summed E-state index contributed by atoms with van der Waals surface area (Å²) < 4.78 is 114. The number of hydrogen-bond donors (Lipinski definition) is 0. The summed E-state index contributed by atoms with van der Waals surface area (Å²) >= 11 is 5.90. The Kier molecular flexibility index (Phi) is 7.76. The third kappa shape index (κ3) is 5.61. The second kappa shape index (κ2) is 9.51. The molecule has 0 bridgehead atoms. The average Bonchev–Trinajstić information content (AvgIpc) is 2.68. The molecule has 0 aliphatic carbocycles. The molecule has 0 spiro atoms. The highest BCUT2D eigenvalue weighted by Crippen LogP contribution is 2.32. The predicted molar refractivity (Wildman–Crippen MR) is 106 cm³/mol. The summed E-state index contributed by atoms with van der Waals surface area (Å²) in [7, 11) is -5.57. The van der Waals surface area contributed by atoms with Gasteiger partial charge in [0.25, 0.3) is 0 Å². The topological polar surface area (TPSA) is 63.7 Å². The predicted octanol–water partition coefficient (Wildman–Crippen LogP) is 5.10. The van der Waals surface area contributed by atoms with Gasteiger partial charge in [0.1, 0.15) is 17.5 Å². The Morgan fingerprint density at radius 3 is 1.94 bits per heavy atom. The summed E-state index contributed by atoms with van der Waals surface area (Å²) in [5.41, 5.74) is -1.24. The normalized spacial score (nSPS) is 13.3. The van der Waals surface area contributed by atoms with Crippen molar-refractivity contribution in [2.45, 2.75) is 50.8 Å². The van der Waals surface area contributed by atoms with Crippen LogP contribution < -0.4 is 0 Å². The van der Waals surface area contributed by atoms with Gasteiger partial charge in [-0.3, -0.25) is 4.79 Å². The average molecular weight is 518 g/mol. The van der Waals surface area contributed by atoms with Gasteiger partial charge in [-0.1, -0.05) is 17.7 Å². The number of nitrogens with zero attached hydrogens (tertiary/aromatic N) is 1. The molecule has 0 radical (unpaired) electrons.